The van der Waals surface area contributed by atoms with Gasteiger partial charge in [0.25, 0.3) is 6.01 Å². The van der Waals surface area contributed by atoms with Crippen LogP contribution in [0.1, 0.15) is 37.2 Å². The summed E-state index contributed by atoms with van der Waals surface area (Å²) in [5.41, 5.74) is 5.40. The van der Waals surface area contributed by atoms with Gasteiger partial charge in [-0.05, 0) is 83.3 Å². The van der Waals surface area contributed by atoms with Gasteiger partial charge in [-0.1, -0.05) is 30.3 Å². The maximum absolute atomic E-state index is 14.3. The van der Waals surface area contributed by atoms with Crippen LogP contribution in [0.2, 0.25) is 0 Å². The van der Waals surface area contributed by atoms with Gasteiger partial charge in [0.2, 0.25) is 0 Å². The molecule has 180 valence electrons. The normalized spacial score (nSPS) is 17.4. The molecule has 3 aromatic carbocycles. The zero-order valence-corrected chi connectivity index (χ0v) is 19.4. The highest BCUT2D eigenvalue weighted by Gasteiger charge is 2.36. The van der Waals surface area contributed by atoms with Crippen LogP contribution >= 0.6 is 0 Å². The highest BCUT2D eigenvalue weighted by Crippen LogP contribution is 2.52. The van der Waals surface area contributed by atoms with E-state index < -0.39 is 5.82 Å². The van der Waals surface area contributed by atoms with Crippen LogP contribution in [-0.4, -0.2) is 32.2 Å². The number of fused-ring (bicyclic) bond motifs is 2. The molecule has 0 bridgehead atoms. The molecule has 1 saturated carbocycles. The molecule has 1 aliphatic heterocycles. The Hall–Kier alpha value is -4.27. The number of hydrogen-bond donors (Lipinski definition) is 2. The third kappa shape index (κ3) is 3.67. The van der Waals surface area contributed by atoms with E-state index in [1.54, 1.807) is 12.1 Å². The number of ether oxygens (including phenoxy) is 1. The minimum Gasteiger partial charge on any atom is -0.491 e. The first-order chi connectivity index (χ1) is 17.7. The quantitative estimate of drug-likeness (QED) is 0.306. The molecule has 8 nitrogen and oxygen atoms in total. The molecule has 1 atom stereocenters. The minimum atomic E-state index is -0.420. The van der Waals surface area contributed by atoms with Crippen LogP contribution in [0.15, 0.2) is 59.0 Å². The molecular weight excluding hydrogens is 459 g/mol. The number of rotatable bonds is 5. The van der Waals surface area contributed by atoms with E-state index in [4.69, 9.17) is 9.15 Å². The molecule has 9 heteroatoms. The van der Waals surface area contributed by atoms with E-state index in [0.29, 0.717) is 29.9 Å². The van der Waals surface area contributed by atoms with E-state index >= 15 is 0 Å². The summed E-state index contributed by atoms with van der Waals surface area (Å²) in [5, 5.41) is 17.8. The maximum atomic E-state index is 14.3. The van der Waals surface area contributed by atoms with Crippen LogP contribution in [-0.2, 0) is 0 Å². The van der Waals surface area contributed by atoms with Crippen LogP contribution in [0.4, 0.5) is 16.1 Å². The van der Waals surface area contributed by atoms with Gasteiger partial charge in [0.1, 0.15) is 11.3 Å². The van der Waals surface area contributed by atoms with Gasteiger partial charge in [-0.15, -0.1) is 5.10 Å². The lowest BCUT2D eigenvalue weighted by Crippen LogP contribution is -2.04. The number of anilines is 2. The van der Waals surface area contributed by atoms with Crippen molar-refractivity contribution in [1.82, 2.24) is 25.6 Å². The predicted octanol–water partition coefficient (Wildman–Crippen LogP) is 6.22. The molecule has 3 heterocycles. The number of nitrogens with zero attached hydrogens (tertiary/aromatic N) is 4. The molecule has 1 aliphatic carbocycles. The molecule has 2 aromatic heterocycles. The monoisotopic (exact) mass is 482 g/mol. The summed E-state index contributed by atoms with van der Waals surface area (Å²) < 4.78 is 26.4. The minimum absolute atomic E-state index is 0.196. The number of benzene rings is 3. The fraction of sp³-hybridized carbons (Fsp3) is 0.259. The van der Waals surface area contributed by atoms with Gasteiger partial charge in [0.15, 0.2) is 17.2 Å². The standard InChI is InChI=1S/C27H23FN6O2/c28-21-8-3-9-23-24(21)30-27(36-23)29-22-14-16(18-5-1-2-6-19(18)26-31-33-34-32-26)13-20-17(15-10-11-15)7-4-12-35-25(20)22/h1-3,5-6,8-9,13-15,17H,4,7,10-12H2,(H,29,30)(H,31,32,33,34). The molecule has 36 heavy (non-hydrogen) atoms. The first kappa shape index (κ1) is 21.0. The highest BCUT2D eigenvalue weighted by molar-refractivity contribution is 5.85. The van der Waals surface area contributed by atoms with Crippen LogP contribution in [0.25, 0.3) is 33.6 Å². The van der Waals surface area contributed by atoms with Crippen molar-refractivity contribution in [2.24, 2.45) is 5.92 Å². The summed E-state index contributed by atoms with van der Waals surface area (Å²) in [6.45, 7) is 0.646. The molecule has 1 unspecified atom stereocenters. The Morgan fingerprint density at radius 2 is 1.89 bits per heavy atom. The van der Waals surface area contributed by atoms with Gasteiger partial charge in [-0.2, -0.15) is 4.98 Å². The van der Waals surface area contributed by atoms with Crippen LogP contribution in [0.5, 0.6) is 5.75 Å². The number of para-hydroxylation sites is 1. The Bertz CT molecular complexity index is 1560. The summed E-state index contributed by atoms with van der Waals surface area (Å²) >= 11 is 0. The SMILES string of the molecule is Fc1cccc2oc(Nc3cc(-c4ccccc4-c4nnn[nH]4)cc4c3OCCCC4C3CC3)nc12. The Morgan fingerprint density at radius 3 is 2.69 bits per heavy atom. The molecule has 2 N–H and O–H groups in total. The second-order valence-corrected chi connectivity index (χ2v) is 9.40. The topological polar surface area (TPSA) is 102 Å². The van der Waals surface area contributed by atoms with Crippen molar-refractivity contribution >= 4 is 22.8 Å². The summed E-state index contributed by atoms with van der Waals surface area (Å²) in [6, 6.07) is 17.2. The molecular formula is C27H23FN6O2. The lowest BCUT2D eigenvalue weighted by molar-refractivity contribution is 0.317. The van der Waals surface area contributed by atoms with Gasteiger partial charge >= 0.3 is 0 Å². The molecule has 7 rings (SSSR count). The fourth-order valence-corrected chi connectivity index (χ4v) is 5.26. The number of hydrogen-bond acceptors (Lipinski definition) is 7. The number of tetrazole rings is 1. The lowest BCUT2D eigenvalue weighted by Gasteiger charge is -2.21. The number of oxazole rings is 1. The van der Waals surface area contributed by atoms with Crippen molar-refractivity contribution in [3.05, 3.63) is 66.0 Å². The molecule has 0 radical (unpaired) electrons. The van der Waals surface area contributed by atoms with Crippen LogP contribution < -0.4 is 10.1 Å². The first-order valence-corrected chi connectivity index (χ1v) is 12.2. The second-order valence-electron chi connectivity index (χ2n) is 9.40. The smallest absolute Gasteiger partial charge is 0.300 e. The Morgan fingerprint density at radius 1 is 1.00 bits per heavy atom. The third-order valence-corrected chi connectivity index (χ3v) is 7.06. The van der Waals surface area contributed by atoms with E-state index in [0.717, 1.165) is 41.0 Å². The van der Waals surface area contributed by atoms with E-state index in [-0.39, 0.29) is 11.5 Å². The Kier molecular flexibility index (Phi) is 4.93. The summed E-state index contributed by atoms with van der Waals surface area (Å²) in [6.07, 6.45) is 4.56. The lowest BCUT2D eigenvalue weighted by atomic mass is 9.86. The van der Waals surface area contributed by atoms with Gasteiger partial charge in [-0.25, -0.2) is 9.49 Å². The summed E-state index contributed by atoms with van der Waals surface area (Å²) in [5.74, 6) is 2.08. The second kappa shape index (κ2) is 8.44. The average molecular weight is 483 g/mol. The van der Waals surface area contributed by atoms with Gasteiger partial charge in [-0.3, -0.25) is 0 Å². The number of nitrogens with one attached hydrogen (secondary N) is 2. The van der Waals surface area contributed by atoms with E-state index in [9.17, 15) is 4.39 Å². The zero-order valence-electron chi connectivity index (χ0n) is 19.4. The van der Waals surface area contributed by atoms with Crippen molar-refractivity contribution in [3.63, 3.8) is 0 Å². The van der Waals surface area contributed by atoms with Crippen molar-refractivity contribution in [2.75, 3.05) is 11.9 Å². The fourth-order valence-electron chi connectivity index (χ4n) is 5.26. The van der Waals surface area contributed by atoms with E-state index in [1.165, 1.54) is 24.5 Å². The third-order valence-electron chi connectivity index (χ3n) is 7.06. The number of halogens is 1. The van der Waals surface area contributed by atoms with Gasteiger partial charge < -0.3 is 14.5 Å². The largest absolute Gasteiger partial charge is 0.491 e. The molecule has 0 spiro atoms. The van der Waals surface area contributed by atoms with Crippen LogP contribution in [0, 0.1) is 11.7 Å². The van der Waals surface area contributed by atoms with Crippen molar-refractivity contribution in [1.29, 1.82) is 0 Å². The number of aromatic amines is 1. The van der Waals surface area contributed by atoms with Crippen LogP contribution in [0.3, 0.4) is 0 Å². The van der Waals surface area contributed by atoms with Crippen molar-refractivity contribution in [2.45, 2.75) is 31.6 Å². The maximum Gasteiger partial charge on any atom is 0.300 e. The van der Waals surface area contributed by atoms with E-state index in [1.807, 2.05) is 24.3 Å². The first-order valence-electron chi connectivity index (χ1n) is 12.2. The van der Waals surface area contributed by atoms with Crippen molar-refractivity contribution in [3.8, 4) is 28.3 Å². The molecule has 2 aliphatic rings. The number of H-pyrrole nitrogens is 1. The average Bonchev–Trinajstić information content (AvgIpc) is 3.48. The molecule has 1 fully saturated rings. The summed E-state index contributed by atoms with van der Waals surface area (Å²) in [7, 11) is 0. The zero-order chi connectivity index (χ0) is 24.1. The Balaban J connectivity index is 1.40. The molecule has 5 aromatic rings. The number of aromatic nitrogens is 5. The van der Waals surface area contributed by atoms with E-state index in [2.05, 4.69) is 43.1 Å². The van der Waals surface area contributed by atoms with Gasteiger partial charge in [0, 0.05) is 11.1 Å². The van der Waals surface area contributed by atoms with Crippen molar-refractivity contribution < 1.29 is 13.5 Å². The molecule has 0 amide bonds. The predicted molar refractivity (Wildman–Crippen MR) is 132 cm³/mol. The molecule has 0 saturated heterocycles. The highest BCUT2D eigenvalue weighted by atomic mass is 19.1. The Labute approximate surface area is 205 Å². The van der Waals surface area contributed by atoms with Gasteiger partial charge in [0.05, 0.1) is 12.3 Å². The summed E-state index contributed by atoms with van der Waals surface area (Å²) in [4.78, 5) is 4.37.